The summed E-state index contributed by atoms with van der Waals surface area (Å²) < 4.78 is 0. The van der Waals surface area contributed by atoms with Crippen LogP contribution in [-0.4, -0.2) is 38.1 Å². The van der Waals surface area contributed by atoms with Gasteiger partial charge in [0.2, 0.25) is 0 Å². The molecule has 9 nitrogen and oxygen atoms in total. The molecule has 1 saturated heterocycles. The summed E-state index contributed by atoms with van der Waals surface area (Å²) >= 11 is 0. The summed E-state index contributed by atoms with van der Waals surface area (Å²) in [6.45, 7) is 1.39. The Labute approximate surface area is 160 Å². The van der Waals surface area contributed by atoms with Gasteiger partial charge in [-0.25, -0.2) is 9.97 Å². The number of nitro benzene ring substituents is 1. The van der Waals surface area contributed by atoms with Crippen LogP contribution in [0.5, 0.6) is 0 Å². The van der Waals surface area contributed by atoms with Crippen molar-refractivity contribution in [2.24, 2.45) is 5.92 Å². The minimum atomic E-state index is -0.628. The number of nitriles is 1. The van der Waals surface area contributed by atoms with Crippen LogP contribution in [0.3, 0.4) is 0 Å². The molecule has 28 heavy (non-hydrogen) atoms. The predicted molar refractivity (Wildman–Crippen MR) is 102 cm³/mol. The van der Waals surface area contributed by atoms with Gasteiger partial charge in [-0.3, -0.25) is 10.1 Å². The number of pyridine rings is 1. The Balaban J connectivity index is 1.56. The summed E-state index contributed by atoms with van der Waals surface area (Å²) in [5.41, 5.74) is 0.852. The van der Waals surface area contributed by atoms with E-state index < -0.39 is 11.0 Å². The first-order valence-corrected chi connectivity index (χ1v) is 8.98. The number of hydrogen-bond donors (Lipinski definition) is 2. The van der Waals surface area contributed by atoms with Gasteiger partial charge in [0.05, 0.1) is 22.1 Å². The second-order valence-corrected chi connectivity index (χ2v) is 6.84. The Morgan fingerprint density at radius 1 is 1.36 bits per heavy atom. The maximum absolute atomic E-state index is 11.0. The largest absolute Gasteiger partial charge is 0.385 e. The lowest BCUT2D eigenvalue weighted by molar-refractivity contribution is -0.384. The van der Waals surface area contributed by atoms with Crippen molar-refractivity contribution >= 4 is 22.4 Å². The molecule has 0 unspecified atom stereocenters. The molecule has 1 aliphatic heterocycles. The molecule has 1 aliphatic rings. The van der Waals surface area contributed by atoms with Crippen LogP contribution in [0.25, 0.3) is 10.9 Å². The number of benzene rings is 1. The highest BCUT2D eigenvalue weighted by molar-refractivity contribution is 5.88. The minimum Gasteiger partial charge on any atom is -0.385 e. The number of nitrogens with zero attached hydrogens (tertiary/aromatic N) is 5. The van der Waals surface area contributed by atoms with E-state index in [4.69, 9.17) is 0 Å². The van der Waals surface area contributed by atoms with E-state index in [2.05, 4.69) is 25.9 Å². The molecule has 1 aromatic carbocycles. The number of fused-ring (bicyclic) bond motifs is 1. The molecule has 0 aliphatic carbocycles. The van der Waals surface area contributed by atoms with Gasteiger partial charge < -0.3 is 15.0 Å². The SMILES string of the molecule is N#Cc1cc(N2CCC([C@H](O)c3ncc[nH]3)CC2)nc2ccc([N+](=O)[O-])cc12. The summed E-state index contributed by atoms with van der Waals surface area (Å²) in [5, 5.41) is 31.4. The Kier molecular flexibility index (Phi) is 4.63. The van der Waals surface area contributed by atoms with Gasteiger partial charge in [-0.05, 0) is 30.9 Å². The van der Waals surface area contributed by atoms with Crippen LogP contribution < -0.4 is 4.90 Å². The monoisotopic (exact) mass is 378 g/mol. The normalized spacial score (nSPS) is 16.1. The topological polar surface area (TPSA) is 132 Å². The van der Waals surface area contributed by atoms with E-state index in [1.165, 1.54) is 12.1 Å². The third kappa shape index (κ3) is 3.25. The number of imidazole rings is 1. The highest BCUT2D eigenvalue weighted by atomic mass is 16.6. The fourth-order valence-corrected chi connectivity index (χ4v) is 3.67. The minimum absolute atomic E-state index is 0.0636. The number of H-pyrrole nitrogens is 1. The summed E-state index contributed by atoms with van der Waals surface area (Å²) in [4.78, 5) is 24.3. The average molecular weight is 378 g/mol. The second-order valence-electron chi connectivity index (χ2n) is 6.84. The number of aliphatic hydroxyl groups is 1. The molecule has 0 spiro atoms. The Morgan fingerprint density at radius 2 is 2.14 bits per heavy atom. The number of hydrogen-bond acceptors (Lipinski definition) is 7. The van der Waals surface area contributed by atoms with Crippen molar-refractivity contribution in [2.75, 3.05) is 18.0 Å². The maximum Gasteiger partial charge on any atom is 0.270 e. The van der Waals surface area contributed by atoms with E-state index in [-0.39, 0.29) is 11.6 Å². The van der Waals surface area contributed by atoms with Crippen molar-refractivity contribution < 1.29 is 10.0 Å². The molecule has 142 valence electrons. The first kappa shape index (κ1) is 17.9. The molecular weight excluding hydrogens is 360 g/mol. The zero-order valence-electron chi connectivity index (χ0n) is 14.9. The first-order valence-electron chi connectivity index (χ1n) is 8.98. The zero-order chi connectivity index (χ0) is 19.7. The number of nitrogens with one attached hydrogen (secondary N) is 1. The van der Waals surface area contributed by atoms with Gasteiger partial charge in [-0.2, -0.15) is 5.26 Å². The summed E-state index contributed by atoms with van der Waals surface area (Å²) in [6.07, 6.45) is 4.23. The number of aliphatic hydroxyl groups excluding tert-OH is 1. The molecule has 0 radical (unpaired) electrons. The smallest absolute Gasteiger partial charge is 0.270 e. The molecule has 9 heteroatoms. The van der Waals surface area contributed by atoms with Crippen LogP contribution in [0.1, 0.15) is 30.3 Å². The van der Waals surface area contributed by atoms with Gasteiger partial charge >= 0.3 is 0 Å². The van der Waals surface area contributed by atoms with Crippen LogP contribution in [-0.2, 0) is 0 Å². The molecule has 1 fully saturated rings. The standard InChI is InChI=1S/C19H18N6O3/c20-11-13-9-17(23-16-2-1-14(25(27)28)10-15(13)16)24-7-3-12(4-8-24)18(26)19-21-5-6-22-19/h1-2,5-6,9-10,12,18,26H,3-4,7-8H2,(H,21,22)/t18-/m0/s1. The molecule has 0 saturated carbocycles. The molecule has 0 amide bonds. The number of piperidine rings is 1. The van der Waals surface area contributed by atoms with Crippen molar-refractivity contribution in [2.45, 2.75) is 18.9 Å². The quantitative estimate of drug-likeness (QED) is 0.527. The molecule has 3 heterocycles. The molecule has 2 aromatic heterocycles. The van der Waals surface area contributed by atoms with Crippen LogP contribution >= 0.6 is 0 Å². The van der Waals surface area contributed by atoms with Gasteiger partial charge in [0.15, 0.2) is 0 Å². The van der Waals surface area contributed by atoms with Crippen molar-refractivity contribution in [3.05, 3.63) is 58.2 Å². The van der Waals surface area contributed by atoms with E-state index in [0.29, 0.717) is 41.2 Å². The van der Waals surface area contributed by atoms with E-state index >= 15 is 0 Å². The van der Waals surface area contributed by atoms with Crippen molar-refractivity contribution in [3.63, 3.8) is 0 Å². The predicted octanol–water partition coefficient (Wildman–Crippen LogP) is 2.69. The number of non-ortho nitro benzene ring substituents is 1. The van der Waals surface area contributed by atoms with Gasteiger partial charge in [0.25, 0.3) is 5.69 Å². The van der Waals surface area contributed by atoms with Crippen LogP contribution in [0.2, 0.25) is 0 Å². The summed E-state index contributed by atoms with van der Waals surface area (Å²) in [5.74, 6) is 1.35. The lowest BCUT2D eigenvalue weighted by Gasteiger charge is -2.34. The maximum atomic E-state index is 11.0. The summed E-state index contributed by atoms with van der Waals surface area (Å²) in [6, 6.07) is 8.15. The van der Waals surface area contributed by atoms with E-state index in [1.54, 1.807) is 24.5 Å². The summed E-state index contributed by atoms with van der Waals surface area (Å²) in [7, 11) is 0. The lowest BCUT2D eigenvalue weighted by Crippen LogP contribution is -2.36. The fraction of sp³-hybridized carbons (Fsp3) is 0.316. The lowest BCUT2D eigenvalue weighted by atomic mass is 9.90. The van der Waals surface area contributed by atoms with Crippen molar-refractivity contribution in [1.29, 1.82) is 5.26 Å². The van der Waals surface area contributed by atoms with E-state index in [9.17, 15) is 20.5 Å². The number of aromatic nitrogens is 3. The van der Waals surface area contributed by atoms with Crippen molar-refractivity contribution in [3.8, 4) is 6.07 Å². The zero-order valence-corrected chi connectivity index (χ0v) is 14.9. The fourth-order valence-electron chi connectivity index (χ4n) is 3.67. The van der Waals surface area contributed by atoms with Crippen LogP contribution in [0.4, 0.5) is 11.5 Å². The van der Waals surface area contributed by atoms with E-state index in [0.717, 1.165) is 12.8 Å². The first-order chi connectivity index (χ1) is 13.6. The molecule has 4 rings (SSSR count). The number of nitro groups is 1. The molecular formula is C19H18N6O3. The molecule has 1 atom stereocenters. The van der Waals surface area contributed by atoms with Gasteiger partial charge in [0, 0.05) is 43.0 Å². The Morgan fingerprint density at radius 3 is 2.79 bits per heavy atom. The highest BCUT2D eigenvalue weighted by Gasteiger charge is 2.28. The van der Waals surface area contributed by atoms with Gasteiger partial charge in [0.1, 0.15) is 17.7 Å². The molecule has 3 aromatic rings. The third-order valence-corrected chi connectivity index (χ3v) is 5.22. The Hall–Kier alpha value is -3.51. The van der Waals surface area contributed by atoms with Crippen LogP contribution in [0.15, 0.2) is 36.7 Å². The van der Waals surface area contributed by atoms with Crippen LogP contribution in [0, 0.1) is 27.4 Å². The molecule has 2 N–H and O–H groups in total. The van der Waals surface area contributed by atoms with Gasteiger partial charge in [-0.1, -0.05) is 0 Å². The third-order valence-electron chi connectivity index (χ3n) is 5.22. The average Bonchev–Trinajstić information content (AvgIpc) is 3.27. The number of rotatable bonds is 4. The number of anilines is 1. The van der Waals surface area contributed by atoms with E-state index in [1.807, 2.05) is 0 Å². The van der Waals surface area contributed by atoms with Gasteiger partial charge in [-0.15, -0.1) is 0 Å². The highest BCUT2D eigenvalue weighted by Crippen LogP contribution is 2.32. The Bertz CT molecular complexity index is 1050. The number of aromatic amines is 1. The second kappa shape index (κ2) is 7.25. The molecule has 0 bridgehead atoms. The van der Waals surface area contributed by atoms with Crippen molar-refractivity contribution in [1.82, 2.24) is 15.0 Å².